The van der Waals surface area contributed by atoms with Crippen molar-refractivity contribution in [1.29, 1.82) is 0 Å². The molecule has 1 amide bonds. The number of amides is 1. The average Bonchev–Trinajstić information content (AvgIpc) is 2.34. The van der Waals surface area contributed by atoms with Gasteiger partial charge in [0.15, 0.2) is 0 Å². The quantitative estimate of drug-likeness (QED) is 0.725. The molecule has 104 valence electrons. The van der Waals surface area contributed by atoms with Crippen molar-refractivity contribution in [1.82, 2.24) is 9.80 Å². The van der Waals surface area contributed by atoms with Crippen LogP contribution in [0, 0.1) is 0 Å². The number of aliphatic carboxylic acids is 1. The molecule has 0 bridgehead atoms. The lowest BCUT2D eigenvalue weighted by molar-refractivity contribution is -0.138. The minimum absolute atomic E-state index is 0.160. The molecule has 0 saturated carbocycles. The van der Waals surface area contributed by atoms with Gasteiger partial charge in [-0.05, 0) is 26.3 Å². The number of hydrogen-bond acceptors (Lipinski definition) is 3. The first-order valence-electron chi connectivity index (χ1n) is 6.78. The van der Waals surface area contributed by atoms with Gasteiger partial charge in [-0.15, -0.1) is 0 Å². The molecule has 0 aromatic carbocycles. The fourth-order valence-corrected chi connectivity index (χ4v) is 2.40. The third kappa shape index (κ3) is 4.64. The van der Waals surface area contributed by atoms with Gasteiger partial charge in [-0.3, -0.25) is 14.5 Å². The average molecular weight is 256 g/mol. The van der Waals surface area contributed by atoms with Gasteiger partial charge >= 0.3 is 5.97 Å². The Labute approximate surface area is 109 Å². The van der Waals surface area contributed by atoms with E-state index in [9.17, 15) is 9.59 Å². The SMILES string of the molecule is CCN1CCN(C(=O)CCCCC(=O)O)CC1C. The number of rotatable bonds is 6. The second kappa shape index (κ2) is 7.36. The van der Waals surface area contributed by atoms with Crippen molar-refractivity contribution >= 4 is 11.9 Å². The van der Waals surface area contributed by atoms with E-state index in [1.807, 2.05) is 4.90 Å². The summed E-state index contributed by atoms with van der Waals surface area (Å²) in [6.45, 7) is 7.86. The molecular formula is C13H24N2O3. The molecule has 1 rings (SSSR count). The summed E-state index contributed by atoms with van der Waals surface area (Å²) in [5, 5.41) is 8.52. The highest BCUT2D eigenvalue weighted by atomic mass is 16.4. The van der Waals surface area contributed by atoms with Crippen molar-refractivity contribution in [2.24, 2.45) is 0 Å². The molecule has 1 aliphatic rings. The summed E-state index contributed by atoms with van der Waals surface area (Å²) in [6.07, 6.45) is 1.90. The van der Waals surface area contributed by atoms with Crippen LogP contribution in [-0.2, 0) is 9.59 Å². The Morgan fingerprint density at radius 1 is 1.22 bits per heavy atom. The predicted molar refractivity (Wildman–Crippen MR) is 69.4 cm³/mol. The Hall–Kier alpha value is -1.10. The van der Waals surface area contributed by atoms with Crippen molar-refractivity contribution in [3.63, 3.8) is 0 Å². The second-order valence-electron chi connectivity index (χ2n) is 4.92. The van der Waals surface area contributed by atoms with E-state index >= 15 is 0 Å². The number of carboxylic acid groups (broad SMARTS) is 1. The summed E-state index contributed by atoms with van der Waals surface area (Å²) in [6, 6.07) is 0.423. The fraction of sp³-hybridized carbons (Fsp3) is 0.846. The normalized spacial score (nSPS) is 21.0. The smallest absolute Gasteiger partial charge is 0.303 e. The van der Waals surface area contributed by atoms with Crippen LogP contribution < -0.4 is 0 Å². The van der Waals surface area contributed by atoms with Crippen LogP contribution in [0.4, 0.5) is 0 Å². The van der Waals surface area contributed by atoms with E-state index in [2.05, 4.69) is 18.7 Å². The molecule has 1 atom stereocenters. The van der Waals surface area contributed by atoms with Gasteiger partial charge < -0.3 is 10.0 Å². The van der Waals surface area contributed by atoms with Crippen LogP contribution in [0.1, 0.15) is 39.5 Å². The molecule has 0 spiro atoms. The third-order valence-electron chi connectivity index (χ3n) is 3.56. The number of piperazine rings is 1. The minimum Gasteiger partial charge on any atom is -0.481 e. The Bertz CT molecular complexity index is 294. The summed E-state index contributed by atoms with van der Waals surface area (Å²) in [5.74, 6) is -0.615. The van der Waals surface area contributed by atoms with Gasteiger partial charge in [-0.1, -0.05) is 6.92 Å². The van der Waals surface area contributed by atoms with E-state index in [0.717, 1.165) is 26.2 Å². The number of hydrogen-bond donors (Lipinski definition) is 1. The van der Waals surface area contributed by atoms with Crippen molar-refractivity contribution in [2.75, 3.05) is 26.2 Å². The lowest BCUT2D eigenvalue weighted by Crippen LogP contribution is -2.53. The monoisotopic (exact) mass is 256 g/mol. The second-order valence-corrected chi connectivity index (χ2v) is 4.92. The Morgan fingerprint density at radius 3 is 2.44 bits per heavy atom. The van der Waals surface area contributed by atoms with Crippen LogP contribution in [0.15, 0.2) is 0 Å². The van der Waals surface area contributed by atoms with Gasteiger partial charge in [-0.25, -0.2) is 0 Å². The highest BCUT2D eigenvalue weighted by Gasteiger charge is 2.24. The summed E-state index contributed by atoms with van der Waals surface area (Å²) < 4.78 is 0. The number of carboxylic acids is 1. The Morgan fingerprint density at radius 2 is 1.89 bits per heavy atom. The largest absolute Gasteiger partial charge is 0.481 e. The Kier molecular flexibility index (Phi) is 6.12. The molecule has 1 aliphatic heterocycles. The molecular weight excluding hydrogens is 232 g/mol. The lowest BCUT2D eigenvalue weighted by atomic mass is 10.1. The zero-order chi connectivity index (χ0) is 13.5. The Balaban J connectivity index is 2.24. The molecule has 1 heterocycles. The molecule has 1 unspecified atom stereocenters. The van der Waals surface area contributed by atoms with Crippen LogP contribution in [-0.4, -0.2) is 59.0 Å². The van der Waals surface area contributed by atoms with Crippen LogP contribution in [0.2, 0.25) is 0 Å². The number of unbranched alkanes of at least 4 members (excludes halogenated alkanes) is 1. The fourth-order valence-electron chi connectivity index (χ4n) is 2.40. The van der Waals surface area contributed by atoms with Gasteiger partial charge in [0.2, 0.25) is 5.91 Å². The van der Waals surface area contributed by atoms with Gasteiger partial charge in [0.1, 0.15) is 0 Å². The molecule has 0 aromatic heterocycles. The van der Waals surface area contributed by atoms with Gasteiger partial charge in [-0.2, -0.15) is 0 Å². The van der Waals surface area contributed by atoms with E-state index < -0.39 is 5.97 Å². The molecule has 5 heteroatoms. The van der Waals surface area contributed by atoms with Gasteiger partial charge in [0.25, 0.3) is 0 Å². The molecule has 0 aliphatic carbocycles. The summed E-state index contributed by atoms with van der Waals surface area (Å²) >= 11 is 0. The highest BCUT2D eigenvalue weighted by molar-refractivity contribution is 5.76. The highest BCUT2D eigenvalue weighted by Crippen LogP contribution is 2.11. The number of carbonyl (C=O) groups excluding carboxylic acids is 1. The van der Waals surface area contributed by atoms with Crippen LogP contribution in [0.25, 0.3) is 0 Å². The van der Waals surface area contributed by atoms with Crippen molar-refractivity contribution < 1.29 is 14.7 Å². The summed E-state index contributed by atoms with van der Waals surface area (Å²) in [7, 11) is 0. The van der Waals surface area contributed by atoms with Gasteiger partial charge in [0.05, 0.1) is 0 Å². The van der Waals surface area contributed by atoms with Crippen molar-refractivity contribution in [3.8, 4) is 0 Å². The van der Waals surface area contributed by atoms with Crippen LogP contribution in [0.5, 0.6) is 0 Å². The van der Waals surface area contributed by atoms with E-state index in [0.29, 0.717) is 25.3 Å². The van der Waals surface area contributed by atoms with Gasteiger partial charge in [0, 0.05) is 38.5 Å². The summed E-state index contributed by atoms with van der Waals surface area (Å²) in [5.41, 5.74) is 0. The predicted octanol–water partition coefficient (Wildman–Crippen LogP) is 1.18. The van der Waals surface area contributed by atoms with E-state index in [4.69, 9.17) is 5.11 Å². The maximum Gasteiger partial charge on any atom is 0.303 e. The van der Waals surface area contributed by atoms with Crippen LogP contribution >= 0.6 is 0 Å². The molecule has 1 N–H and O–H groups in total. The zero-order valence-corrected chi connectivity index (χ0v) is 11.4. The first-order chi connectivity index (χ1) is 8.54. The maximum atomic E-state index is 11.9. The lowest BCUT2D eigenvalue weighted by Gasteiger charge is -2.39. The number of likely N-dealkylation sites (N-methyl/N-ethyl adjacent to an activating group) is 1. The summed E-state index contributed by atoms with van der Waals surface area (Å²) in [4.78, 5) is 26.6. The first kappa shape index (κ1) is 15.0. The maximum absolute atomic E-state index is 11.9. The molecule has 18 heavy (non-hydrogen) atoms. The third-order valence-corrected chi connectivity index (χ3v) is 3.56. The molecule has 0 aromatic rings. The zero-order valence-electron chi connectivity index (χ0n) is 11.4. The molecule has 0 radical (unpaired) electrons. The van der Waals surface area contributed by atoms with Crippen LogP contribution in [0.3, 0.4) is 0 Å². The van der Waals surface area contributed by atoms with Crippen molar-refractivity contribution in [3.05, 3.63) is 0 Å². The van der Waals surface area contributed by atoms with E-state index in [1.165, 1.54) is 0 Å². The first-order valence-corrected chi connectivity index (χ1v) is 6.78. The number of nitrogens with zero attached hydrogens (tertiary/aromatic N) is 2. The standard InChI is InChI=1S/C13H24N2O3/c1-3-14-8-9-15(10-11(14)2)12(16)6-4-5-7-13(17)18/h11H,3-10H2,1-2H3,(H,17,18). The molecule has 1 fully saturated rings. The number of carbonyl (C=O) groups is 2. The van der Waals surface area contributed by atoms with E-state index in [-0.39, 0.29) is 12.3 Å². The van der Waals surface area contributed by atoms with E-state index in [1.54, 1.807) is 0 Å². The minimum atomic E-state index is -0.785. The molecule has 1 saturated heterocycles. The molecule has 5 nitrogen and oxygen atoms in total. The topological polar surface area (TPSA) is 60.9 Å². The van der Waals surface area contributed by atoms with Crippen molar-refractivity contribution in [2.45, 2.75) is 45.6 Å².